The number of rotatable bonds is 7. The van der Waals surface area contributed by atoms with Crippen LogP contribution in [0.5, 0.6) is 0 Å². The van der Waals surface area contributed by atoms with E-state index < -0.39 is 0 Å². The molecule has 1 saturated heterocycles. The number of nitrogens with zero attached hydrogens (tertiary/aromatic N) is 4. The third-order valence-corrected chi connectivity index (χ3v) is 7.31. The van der Waals surface area contributed by atoms with Gasteiger partial charge in [-0.3, -0.25) is 4.79 Å². The van der Waals surface area contributed by atoms with Crippen LogP contribution < -0.4 is 5.32 Å². The summed E-state index contributed by atoms with van der Waals surface area (Å²) in [6.45, 7) is 1.37. The summed E-state index contributed by atoms with van der Waals surface area (Å²) in [5.41, 5.74) is 2.95. The maximum atomic E-state index is 12.8. The van der Waals surface area contributed by atoms with Crippen LogP contribution in [0.4, 0.5) is 0 Å². The van der Waals surface area contributed by atoms with E-state index in [9.17, 15) is 4.79 Å². The zero-order valence-electron chi connectivity index (χ0n) is 18.4. The lowest BCUT2D eigenvalue weighted by Gasteiger charge is -2.09. The molecule has 1 aliphatic heterocycles. The average molecular weight is 450 g/mol. The predicted octanol–water partition coefficient (Wildman–Crippen LogP) is 3.70. The van der Waals surface area contributed by atoms with E-state index >= 15 is 0 Å². The van der Waals surface area contributed by atoms with Gasteiger partial charge < -0.3 is 19.2 Å². The van der Waals surface area contributed by atoms with E-state index in [0.717, 1.165) is 58.0 Å². The topological polar surface area (TPSA) is 74.0 Å². The molecule has 0 saturated carbocycles. The number of thioether (sulfide) groups is 1. The molecule has 0 radical (unpaired) electrons. The second kappa shape index (κ2) is 8.96. The highest BCUT2D eigenvalue weighted by Crippen LogP contribution is 2.28. The smallest absolute Gasteiger partial charge is 0.251 e. The number of para-hydroxylation sites is 1. The van der Waals surface area contributed by atoms with Crippen LogP contribution in [0.1, 0.15) is 29.0 Å². The SMILES string of the molecule is Cn1c(CCNC(=O)c2ccc3c(c2)c2ccccc2n3C)nnc1SC[C@@H]1CCCO1. The lowest BCUT2D eigenvalue weighted by Crippen LogP contribution is -2.26. The minimum Gasteiger partial charge on any atom is -0.377 e. The summed E-state index contributed by atoms with van der Waals surface area (Å²) in [5, 5.41) is 14.8. The van der Waals surface area contributed by atoms with Crippen molar-refractivity contribution in [3.63, 3.8) is 0 Å². The highest BCUT2D eigenvalue weighted by Gasteiger charge is 2.18. The Morgan fingerprint density at radius 3 is 2.81 bits per heavy atom. The summed E-state index contributed by atoms with van der Waals surface area (Å²) in [5.74, 6) is 1.69. The second-order valence-corrected chi connectivity index (χ2v) is 9.21. The molecular weight excluding hydrogens is 422 g/mol. The van der Waals surface area contributed by atoms with Gasteiger partial charge in [-0.2, -0.15) is 0 Å². The highest BCUT2D eigenvalue weighted by atomic mass is 32.2. The zero-order chi connectivity index (χ0) is 22.1. The molecule has 2 aromatic carbocycles. The minimum atomic E-state index is -0.0741. The molecule has 0 aliphatic carbocycles. The molecule has 0 spiro atoms. The molecule has 0 bridgehead atoms. The molecule has 3 heterocycles. The van der Waals surface area contributed by atoms with Gasteiger partial charge in [-0.15, -0.1) is 10.2 Å². The Morgan fingerprint density at radius 1 is 1.12 bits per heavy atom. The van der Waals surface area contributed by atoms with Gasteiger partial charge in [0.25, 0.3) is 5.91 Å². The van der Waals surface area contributed by atoms with Crippen molar-refractivity contribution >= 4 is 39.5 Å². The molecule has 4 aromatic rings. The number of amides is 1. The van der Waals surface area contributed by atoms with Crippen LogP contribution in [-0.4, -0.2) is 50.2 Å². The average Bonchev–Trinajstić information content (AvgIpc) is 3.53. The number of aromatic nitrogens is 4. The summed E-state index contributed by atoms with van der Waals surface area (Å²) in [4.78, 5) is 12.8. The van der Waals surface area contributed by atoms with Crippen molar-refractivity contribution in [1.82, 2.24) is 24.6 Å². The maximum absolute atomic E-state index is 12.8. The monoisotopic (exact) mass is 449 g/mol. The zero-order valence-corrected chi connectivity index (χ0v) is 19.2. The lowest BCUT2D eigenvalue weighted by atomic mass is 10.1. The third kappa shape index (κ3) is 4.00. The molecule has 5 rings (SSSR count). The van der Waals surface area contributed by atoms with Crippen LogP contribution >= 0.6 is 11.8 Å². The number of benzene rings is 2. The normalized spacial score (nSPS) is 16.2. The van der Waals surface area contributed by atoms with E-state index in [-0.39, 0.29) is 5.91 Å². The van der Waals surface area contributed by atoms with Crippen LogP contribution in [0.15, 0.2) is 47.6 Å². The summed E-state index contributed by atoms with van der Waals surface area (Å²) >= 11 is 1.68. The molecule has 1 atom stereocenters. The van der Waals surface area contributed by atoms with E-state index in [1.165, 1.54) is 0 Å². The van der Waals surface area contributed by atoms with E-state index in [1.807, 2.05) is 41.9 Å². The van der Waals surface area contributed by atoms with Crippen molar-refractivity contribution in [2.45, 2.75) is 30.5 Å². The fraction of sp³-hybridized carbons (Fsp3) is 0.375. The van der Waals surface area contributed by atoms with Crippen LogP contribution in [-0.2, 0) is 25.3 Å². The van der Waals surface area contributed by atoms with Gasteiger partial charge in [0, 0.05) is 66.8 Å². The van der Waals surface area contributed by atoms with Crippen molar-refractivity contribution in [2.24, 2.45) is 14.1 Å². The second-order valence-electron chi connectivity index (χ2n) is 8.22. The largest absolute Gasteiger partial charge is 0.377 e. The first-order chi connectivity index (χ1) is 15.6. The summed E-state index contributed by atoms with van der Waals surface area (Å²) in [7, 11) is 4.03. The Hall–Kier alpha value is -2.84. The van der Waals surface area contributed by atoms with Gasteiger partial charge in [0.05, 0.1) is 6.10 Å². The quantitative estimate of drug-likeness (QED) is 0.436. The first-order valence-corrected chi connectivity index (χ1v) is 12.0. The number of nitrogens with one attached hydrogen (secondary N) is 1. The van der Waals surface area contributed by atoms with Crippen LogP contribution in [0.3, 0.4) is 0 Å². The van der Waals surface area contributed by atoms with Crippen molar-refractivity contribution in [1.29, 1.82) is 0 Å². The standard InChI is InChI=1S/C24H27N5O2S/c1-28-20-8-4-3-7-18(20)19-14-16(9-10-21(19)28)23(30)25-12-11-22-26-27-24(29(22)2)32-15-17-6-5-13-31-17/h3-4,7-10,14,17H,5-6,11-13,15H2,1-2H3,(H,25,30)/t17-/m0/s1. The molecule has 7 nitrogen and oxygen atoms in total. The van der Waals surface area contributed by atoms with E-state index in [0.29, 0.717) is 24.6 Å². The molecule has 1 aliphatic rings. The molecule has 2 aromatic heterocycles. The predicted molar refractivity (Wildman–Crippen MR) is 127 cm³/mol. The molecule has 0 unspecified atom stereocenters. The first-order valence-electron chi connectivity index (χ1n) is 11.0. The molecule has 166 valence electrons. The van der Waals surface area contributed by atoms with Gasteiger partial charge in [-0.1, -0.05) is 30.0 Å². The number of carbonyl (C=O) groups is 1. The summed E-state index contributed by atoms with van der Waals surface area (Å²) in [6.07, 6.45) is 3.21. The molecule has 1 fully saturated rings. The van der Waals surface area contributed by atoms with Crippen LogP contribution in [0.2, 0.25) is 0 Å². The molecule has 32 heavy (non-hydrogen) atoms. The lowest BCUT2D eigenvalue weighted by molar-refractivity contribution is 0.0954. The van der Waals surface area contributed by atoms with Crippen molar-refractivity contribution in [2.75, 3.05) is 18.9 Å². The first kappa shape index (κ1) is 21.0. The fourth-order valence-corrected chi connectivity index (χ4v) is 5.33. The molecule has 1 N–H and O–H groups in total. The minimum absolute atomic E-state index is 0.0741. The maximum Gasteiger partial charge on any atom is 0.251 e. The van der Waals surface area contributed by atoms with E-state index in [4.69, 9.17) is 4.74 Å². The Balaban J connectivity index is 1.22. The van der Waals surface area contributed by atoms with Gasteiger partial charge >= 0.3 is 0 Å². The highest BCUT2D eigenvalue weighted by molar-refractivity contribution is 7.99. The van der Waals surface area contributed by atoms with Crippen LogP contribution in [0.25, 0.3) is 21.8 Å². The molecule has 1 amide bonds. The van der Waals surface area contributed by atoms with Gasteiger partial charge in [-0.05, 0) is 37.1 Å². The number of ether oxygens (including phenoxy) is 1. The van der Waals surface area contributed by atoms with E-state index in [1.54, 1.807) is 11.8 Å². The summed E-state index contributed by atoms with van der Waals surface area (Å²) in [6, 6.07) is 14.2. The number of fused-ring (bicyclic) bond motifs is 3. The Kier molecular flexibility index (Phi) is 5.89. The molecule has 8 heteroatoms. The Bertz CT molecular complexity index is 1270. The number of aryl methyl sites for hydroxylation is 1. The van der Waals surface area contributed by atoms with Crippen molar-refractivity contribution in [3.8, 4) is 0 Å². The summed E-state index contributed by atoms with van der Waals surface area (Å²) < 4.78 is 9.85. The Labute approximate surface area is 191 Å². The number of carbonyl (C=O) groups excluding carboxylic acids is 1. The van der Waals surface area contributed by atoms with Gasteiger partial charge in [0.2, 0.25) is 0 Å². The number of hydrogen-bond acceptors (Lipinski definition) is 5. The molecular formula is C24H27N5O2S. The Morgan fingerprint density at radius 2 is 1.97 bits per heavy atom. The van der Waals surface area contributed by atoms with E-state index in [2.05, 4.69) is 39.3 Å². The van der Waals surface area contributed by atoms with Crippen molar-refractivity contribution < 1.29 is 9.53 Å². The van der Waals surface area contributed by atoms with Gasteiger partial charge in [0.1, 0.15) is 5.82 Å². The fourth-order valence-electron chi connectivity index (χ4n) is 4.33. The van der Waals surface area contributed by atoms with Crippen LogP contribution in [0, 0.1) is 0 Å². The number of hydrogen-bond donors (Lipinski definition) is 1. The van der Waals surface area contributed by atoms with Gasteiger partial charge in [-0.25, -0.2) is 0 Å². The third-order valence-electron chi connectivity index (χ3n) is 6.16. The van der Waals surface area contributed by atoms with Crippen molar-refractivity contribution in [3.05, 3.63) is 53.9 Å². The van der Waals surface area contributed by atoms with Gasteiger partial charge in [0.15, 0.2) is 5.16 Å².